The molecule has 1 amide bonds. The van der Waals surface area contributed by atoms with Crippen molar-refractivity contribution in [2.75, 3.05) is 39.4 Å². The van der Waals surface area contributed by atoms with Crippen molar-refractivity contribution in [2.24, 2.45) is 0 Å². The Morgan fingerprint density at radius 2 is 1.81 bits per heavy atom. The van der Waals surface area contributed by atoms with Crippen LogP contribution in [0, 0.1) is 0 Å². The number of nitrogens with one attached hydrogen (secondary N) is 1. The van der Waals surface area contributed by atoms with Crippen LogP contribution in [-0.4, -0.2) is 61.1 Å². The molecule has 3 aromatic rings. The largest absolute Gasteiger partial charge is 0.503 e. The Balaban J connectivity index is 1.39. The lowest BCUT2D eigenvalue weighted by Crippen LogP contribution is -3.14. The topological polar surface area (TPSA) is 80.5 Å². The SMILES string of the molecule is O=C(C1=C(O)C(=O)N(CC[NH+]2CCOCC2)[C@@H]1c1ccc(OCc2ccccc2)cc1)c1cccs1. The number of benzene rings is 2. The highest BCUT2D eigenvalue weighted by molar-refractivity contribution is 7.12. The molecule has 0 aliphatic carbocycles. The van der Waals surface area contributed by atoms with Crippen LogP contribution in [-0.2, 0) is 16.1 Å². The third kappa shape index (κ3) is 5.21. The van der Waals surface area contributed by atoms with E-state index in [0.717, 1.165) is 30.8 Å². The molecule has 2 aliphatic rings. The van der Waals surface area contributed by atoms with Crippen molar-refractivity contribution >= 4 is 23.0 Å². The average molecular weight is 506 g/mol. The molecular weight excluding hydrogens is 476 g/mol. The van der Waals surface area contributed by atoms with Crippen LogP contribution in [0.25, 0.3) is 0 Å². The summed E-state index contributed by atoms with van der Waals surface area (Å²) in [6.45, 7) is 4.74. The van der Waals surface area contributed by atoms with Gasteiger partial charge in [-0.15, -0.1) is 11.3 Å². The molecule has 0 radical (unpaired) electrons. The van der Waals surface area contributed by atoms with E-state index in [9.17, 15) is 14.7 Å². The van der Waals surface area contributed by atoms with Crippen molar-refractivity contribution in [2.45, 2.75) is 12.6 Å². The van der Waals surface area contributed by atoms with Crippen LogP contribution < -0.4 is 9.64 Å². The van der Waals surface area contributed by atoms with Gasteiger partial charge in [0.05, 0.1) is 42.8 Å². The minimum atomic E-state index is -0.657. The summed E-state index contributed by atoms with van der Waals surface area (Å²) in [4.78, 5) is 30.0. The summed E-state index contributed by atoms with van der Waals surface area (Å²) in [5.41, 5.74) is 1.96. The molecule has 186 valence electrons. The highest BCUT2D eigenvalue weighted by Crippen LogP contribution is 2.39. The molecule has 2 aliphatic heterocycles. The number of rotatable bonds is 9. The van der Waals surface area contributed by atoms with Gasteiger partial charge in [-0.2, -0.15) is 0 Å². The van der Waals surface area contributed by atoms with Crippen LogP contribution in [0.3, 0.4) is 0 Å². The first-order chi connectivity index (χ1) is 17.6. The quantitative estimate of drug-likeness (QED) is 0.437. The van der Waals surface area contributed by atoms with Crippen LogP contribution in [0.5, 0.6) is 5.75 Å². The Kier molecular flexibility index (Phi) is 7.46. The second-order valence-corrected chi connectivity index (χ2v) is 9.87. The van der Waals surface area contributed by atoms with E-state index in [1.165, 1.54) is 16.2 Å². The summed E-state index contributed by atoms with van der Waals surface area (Å²) in [6, 6.07) is 20.2. The van der Waals surface area contributed by atoms with Gasteiger partial charge in [0.1, 0.15) is 25.4 Å². The maximum atomic E-state index is 13.4. The zero-order valence-electron chi connectivity index (χ0n) is 19.9. The Morgan fingerprint density at radius 1 is 1.06 bits per heavy atom. The Morgan fingerprint density at radius 3 is 2.50 bits per heavy atom. The molecule has 7 nitrogen and oxygen atoms in total. The van der Waals surface area contributed by atoms with E-state index in [0.29, 0.717) is 37.0 Å². The number of thiophene rings is 1. The molecule has 36 heavy (non-hydrogen) atoms. The fourth-order valence-electron chi connectivity index (χ4n) is 4.68. The van der Waals surface area contributed by atoms with Crippen LogP contribution in [0.15, 0.2) is 83.4 Å². The van der Waals surface area contributed by atoms with E-state index in [1.807, 2.05) is 60.0 Å². The molecule has 3 heterocycles. The molecule has 5 rings (SSSR count). The lowest BCUT2D eigenvalue weighted by Gasteiger charge is -2.30. The summed E-state index contributed by atoms with van der Waals surface area (Å²) >= 11 is 1.30. The van der Waals surface area contributed by atoms with Gasteiger partial charge in [0.25, 0.3) is 5.91 Å². The van der Waals surface area contributed by atoms with Gasteiger partial charge >= 0.3 is 0 Å². The number of aliphatic hydroxyl groups is 1. The maximum Gasteiger partial charge on any atom is 0.290 e. The van der Waals surface area contributed by atoms with Gasteiger partial charge in [-0.05, 0) is 34.7 Å². The summed E-state index contributed by atoms with van der Waals surface area (Å²) < 4.78 is 11.4. The normalized spacial score (nSPS) is 18.6. The Bertz CT molecular complexity index is 1220. The number of carbonyl (C=O) groups is 2. The monoisotopic (exact) mass is 505 g/mol. The fraction of sp³-hybridized carbons (Fsp3) is 0.286. The zero-order chi connectivity index (χ0) is 24.9. The van der Waals surface area contributed by atoms with Crippen molar-refractivity contribution in [3.8, 4) is 5.75 Å². The molecule has 0 saturated carbocycles. The standard InChI is InChI=1S/C28H28N2O5S/c31-26(23-7-4-18-36-23)24-25(30(28(33)27(24)32)13-12-29-14-16-34-17-15-29)21-8-10-22(11-9-21)35-19-20-5-2-1-3-6-20/h1-11,18,25,32H,12-17,19H2/p+1/t25-/m1/s1. The number of amides is 1. The van der Waals surface area contributed by atoms with Crippen LogP contribution in [0.1, 0.15) is 26.8 Å². The number of ether oxygens (including phenoxy) is 2. The number of ketones is 1. The molecule has 1 saturated heterocycles. The molecule has 1 aromatic heterocycles. The predicted octanol–water partition coefficient (Wildman–Crippen LogP) is 2.82. The van der Waals surface area contributed by atoms with Crippen molar-refractivity contribution in [1.29, 1.82) is 0 Å². The van der Waals surface area contributed by atoms with Crippen molar-refractivity contribution < 1.29 is 29.1 Å². The van der Waals surface area contributed by atoms with Crippen LogP contribution >= 0.6 is 11.3 Å². The minimum absolute atomic E-state index is 0.136. The molecule has 8 heteroatoms. The molecule has 1 fully saturated rings. The smallest absolute Gasteiger partial charge is 0.290 e. The number of quaternary nitrogens is 1. The third-order valence-electron chi connectivity index (χ3n) is 6.64. The number of Topliss-reactive ketones (excluding diaryl/α,β-unsaturated/α-hetero) is 1. The molecule has 0 bridgehead atoms. The van der Waals surface area contributed by atoms with Gasteiger partial charge in [-0.1, -0.05) is 48.5 Å². The molecule has 2 N–H and O–H groups in total. The van der Waals surface area contributed by atoms with Crippen molar-refractivity contribution in [3.63, 3.8) is 0 Å². The molecule has 0 unspecified atom stereocenters. The highest BCUT2D eigenvalue weighted by atomic mass is 32.1. The number of nitrogens with zero attached hydrogens (tertiary/aromatic N) is 1. The van der Waals surface area contributed by atoms with Gasteiger partial charge in [0.15, 0.2) is 5.76 Å². The average Bonchev–Trinajstić information content (AvgIpc) is 3.55. The summed E-state index contributed by atoms with van der Waals surface area (Å²) in [6.07, 6.45) is 0. The second kappa shape index (κ2) is 11.1. The summed E-state index contributed by atoms with van der Waals surface area (Å²) in [5, 5.41) is 12.7. The number of carbonyl (C=O) groups excluding carboxylic acids is 2. The molecular formula is C28H29N2O5S+. The van der Waals surface area contributed by atoms with E-state index in [4.69, 9.17) is 9.47 Å². The maximum absolute atomic E-state index is 13.4. The first-order valence-electron chi connectivity index (χ1n) is 12.1. The predicted molar refractivity (Wildman–Crippen MR) is 136 cm³/mol. The lowest BCUT2D eigenvalue weighted by atomic mass is 9.95. The van der Waals surface area contributed by atoms with E-state index < -0.39 is 17.7 Å². The van der Waals surface area contributed by atoms with Gasteiger partial charge in [-0.3, -0.25) is 9.59 Å². The van der Waals surface area contributed by atoms with Crippen molar-refractivity contribution in [3.05, 3.63) is 99.4 Å². The lowest BCUT2D eigenvalue weighted by molar-refractivity contribution is -0.907. The van der Waals surface area contributed by atoms with E-state index >= 15 is 0 Å². The molecule has 1 atom stereocenters. The molecule has 0 spiro atoms. The Hall–Kier alpha value is -3.46. The summed E-state index contributed by atoms with van der Waals surface area (Å²) in [7, 11) is 0. The number of aliphatic hydroxyl groups excluding tert-OH is 1. The first-order valence-corrected chi connectivity index (χ1v) is 13.0. The van der Waals surface area contributed by atoms with Crippen LogP contribution in [0.4, 0.5) is 0 Å². The van der Waals surface area contributed by atoms with Gasteiger partial charge in [-0.25, -0.2) is 0 Å². The molecule has 2 aromatic carbocycles. The fourth-order valence-corrected chi connectivity index (χ4v) is 5.36. The zero-order valence-corrected chi connectivity index (χ0v) is 20.7. The third-order valence-corrected chi connectivity index (χ3v) is 7.51. The van der Waals surface area contributed by atoms with E-state index in [1.54, 1.807) is 17.0 Å². The summed E-state index contributed by atoms with van der Waals surface area (Å²) in [5.74, 6) is -0.584. The van der Waals surface area contributed by atoms with Gasteiger partial charge in [0, 0.05) is 0 Å². The van der Waals surface area contributed by atoms with E-state index in [-0.39, 0.29) is 11.4 Å². The first kappa shape index (κ1) is 24.2. The van der Waals surface area contributed by atoms with Gasteiger partial charge < -0.3 is 24.4 Å². The highest BCUT2D eigenvalue weighted by Gasteiger charge is 2.44. The van der Waals surface area contributed by atoms with Crippen LogP contribution in [0.2, 0.25) is 0 Å². The Labute approximate surface area is 214 Å². The second-order valence-electron chi connectivity index (χ2n) is 8.93. The van der Waals surface area contributed by atoms with Gasteiger partial charge in [0.2, 0.25) is 5.78 Å². The number of morpholine rings is 1. The van der Waals surface area contributed by atoms with Crippen molar-refractivity contribution in [1.82, 2.24) is 4.90 Å². The minimum Gasteiger partial charge on any atom is -0.503 e. The number of hydrogen-bond acceptors (Lipinski definition) is 6. The number of hydrogen-bond donors (Lipinski definition) is 2. The van der Waals surface area contributed by atoms with E-state index in [2.05, 4.69) is 0 Å².